The molecule has 144 valence electrons. The van der Waals surface area contributed by atoms with Crippen LogP contribution in [0.2, 0.25) is 0 Å². The van der Waals surface area contributed by atoms with Gasteiger partial charge in [-0.1, -0.05) is 30.4 Å². The van der Waals surface area contributed by atoms with E-state index in [-0.39, 0.29) is 6.08 Å². The van der Waals surface area contributed by atoms with E-state index >= 15 is 0 Å². The zero-order chi connectivity index (χ0) is 20.1. The monoisotopic (exact) mass is 426 g/mol. The lowest BCUT2D eigenvalue weighted by molar-refractivity contribution is -0.334. The van der Waals surface area contributed by atoms with E-state index in [2.05, 4.69) is 0 Å². The van der Waals surface area contributed by atoms with E-state index in [9.17, 15) is 43.5 Å². The van der Waals surface area contributed by atoms with Crippen molar-refractivity contribution in [1.82, 2.24) is 0 Å². The molecule has 0 amide bonds. The summed E-state index contributed by atoms with van der Waals surface area (Å²) in [5.74, 6) is -1.19. The second kappa shape index (κ2) is 6.22. The normalized spacial score (nSPS) is 21.2. The van der Waals surface area contributed by atoms with E-state index in [1.165, 1.54) is 0 Å². The molecule has 1 unspecified atom stereocenters. The predicted molar refractivity (Wildman–Crippen MR) is 76.7 cm³/mol. The van der Waals surface area contributed by atoms with Crippen molar-refractivity contribution in [3.8, 4) is 0 Å². The number of rotatable bonds is 2. The van der Waals surface area contributed by atoms with Crippen molar-refractivity contribution in [2.45, 2.75) is 18.5 Å². The van der Waals surface area contributed by atoms with Crippen LogP contribution >= 0.6 is 10.7 Å². The van der Waals surface area contributed by atoms with Crippen LogP contribution in [-0.2, 0) is 9.05 Å². The highest BCUT2D eigenvalue weighted by Gasteiger charge is 2.75. The maximum Gasteiger partial charge on any atom is 0.409 e. The van der Waals surface area contributed by atoms with E-state index in [0.717, 1.165) is 24.3 Å². The largest absolute Gasteiger partial charge is 0.409 e. The molecule has 0 heterocycles. The minimum atomic E-state index is -6.24. The smallest absolute Gasteiger partial charge is 0.240 e. The third-order valence-electron chi connectivity index (χ3n) is 3.77. The van der Waals surface area contributed by atoms with E-state index in [1.54, 1.807) is 0 Å². The summed E-state index contributed by atoms with van der Waals surface area (Å²) >= 11 is 0. The summed E-state index contributed by atoms with van der Waals surface area (Å²) in [4.78, 5) is -2.01. The van der Waals surface area contributed by atoms with Crippen molar-refractivity contribution >= 4 is 25.3 Å². The molecule has 0 bridgehead atoms. The Labute approximate surface area is 146 Å². The van der Waals surface area contributed by atoms with Gasteiger partial charge in [-0.2, -0.15) is 26.3 Å². The lowest BCUT2D eigenvalue weighted by atomic mass is 9.75. The maximum absolute atomic E-state index is 14.6. The van der Waals surface area contributed by atoms with E-state index < -0.39 is 60.9 Å². The topological polar surface area (TPSA) is 34.1 Å². The van der Waals surface area contributed by atoms with Gasteiger partial charge in [0.2, 0.25) is 5.41 Å². The van der Waals surface area contributed by atoms with Crippen LogP contribution in [0.1, 0.15) is 5.56 Å². The van der Waals surface area contributed by atoms with Crippen LogP contribution in [0.3, 0.4) is 0 Å². The molecule has 1 aromatic rings. The fraction of sp³-hybridized carbons (Fsp3) is 0.286. The molecule has 12 heteroatoms. The lowest BCUT2D eigenvalue weighted by Gasteiger charge is -2.39. The second-order valence-corrected chi connectivity index (χ2v) is 7.79. The molecule has 1 aromatic carbocycles. The number of halogens is 9. The van der Waals surface area contributed by atoms with Crippen LogP contribution in [0.15, 0.2) is 41.3 Å². The van der Waals surface area contributed by atoms with Gasteiger partial charge in [-0.25, -0.2) is 17.2 Å². The van der Waals surface area contributed by atoms with Crippen LogP contribution in [0.4, 0.5) is 35.1 Å². The molecular weight excluding hydrogens is 420 g/mol. The molecule has 1 atom stereocenters. The van der Waals surface area contributed by atoms with Gasteiger partial charge in [0, 0.05) is 21.8 Å². The fourth-order valence-corrected chi connectivity index (χ4v) is 3.88. The number of alkyl halides is 7. The Balaban J connectivity index is 2.89. The van der Waals surface area contributed by atoms with Gasteiger partial charge in [0.25, 0.3) is 9.05 Å². The zero-order valence-electron chi connectivity index (χ0n) is 12.2. The van der Waals surface area contributed by atoms with E-state index in [0.29, 0.717) is 0 Å². The fourth-order valence-electron chi connectivity index (χ4n) is 2.52. The summed E-state index contributed by atoms with van der Waals surface area (Å²) in [5.41, 5.74) is -6.90. The zero-order valence-corrected chi connectivity index (χ0v) is 13.7. The molecule has 2 nitrogen and oxygen atoms in total. The van der Waals surface area contributed by atoms with Crippen molar-refractivity contribution in [3.63, 3.8) is 0 Å². The van der Waals surface area contributed by atoms with Crippen molar-refractivity contribution in [1.29, 1.82) is 0 Å². The highest BCUT2D eigenvalue weighted by molar-refractivity contribution is 8.17. The van der Waals surface area contributed by atoms with Crippen molar-refractivity contribution in [2.24, 2.45) is 5.41 Å². The Morgan fingerprint density at radius 2 is 1.50 bits per heavy atom. The van der Waals surface area contributed by atoms with Gasteiger partial charge in [0.15, 0.2) is 6.17 Å². The minimum absolute atomic E-state index is 0.0603. The van der Waals surface area contributed by atoms with Crippen LogP contribution in [0.25, 0.3) is 5.57 Å². The third kappa shape index (κ3) is 3.11. The third-order valence-corrected chi connectivity index (χ3v) is 5.22. The first-order chi connectivity index (χ1) is 11.6. The summed E-state index contributed by atoms with van der Waals surface area (Å²) in [7, 11) is -0.507. The molecule has 0 saturated heterocycles. The number of hydrogen-bond acceptors (Lipinski definition) is 2. The lowest BCUT2D eigenvalue weighted by Crippen LogP contribution is -2.56. The van der Waals surface area contributed by atoms with Gasteiger partial charge in [-0.05, 0) is 6.07 Å². The molecular formula is C14H7ClF8O2S. The Hall–Kier alpha value is -1.62. The predicted octanol–water partition coefficient (Wildman–Crippen LogP) is 5.12. The molecule has 0 fully saturated rings. The SMILES string of the molecule is O=S(=O)(Cl)C1=C(c2ccccc2F)C=CC(C(F)(F)F)(C(F)(F)F)C1F. The Morgan fingerprint density at radius 1 is 1.00 bits per heavy atom. The minimum Gasteiger partial charge on any atom is -0.240 e. The number of allylic oxidation sites excluding steroid dienone is 4. The highest BCUT2D eigenvalue weighted by Crippen LogP contribution is 2.59. The Morgan fingerprint density at radius 3 is 1.92 bits per heavy atom. The van der Waals surface area contributed by atoms with Crippen LogP contribution in [0.5, 0.6) is 0 Å². The van der Waals surface area contributed by atoms with Crippen molar-refractivity contribution in [2.75, 3.05) is 0 Å². The molecule has 0 aliphatic heterocycles. The van der Waals surface area contributed by atoms with E-state index in [4.69, 9.17) is 10.7 Å². The van der Waals surface area contributed by atoms with Crippen LogP contribution in [0, 0.1) is 11.2 Å². The van der Waals surface area contributed by atoms with Crippen LogP contribution in [-0.4, -0.2) is 26.9 Å². The molecule has 1 aliphatic rings. The molecule has 0 saturated carbocycles. The summed E-state index contributed by atoms with van der Waals surface area (Å²) in [6.45, 7) is 0. The average Bonchev–Trinajstić information content (AvgIpc) is 2.43. The maximum atomic E-state index is 14.6. The average molecular weight is 427 g/mol. The number of hydrogen-bond donors (Lipinski definition) is 0. The quantitative estimate of drug-likeness (QED) is 0.485. The summed E-state index contributed by atoms with van der Waals surface area (Å²) in [5, 5.41) is 0. The first-order valence-electron chi connectivity index (χ1n) is 6.55. The molecule has 26 heavy (non-hydrogen) atoms. The molecule has 0 radical (unpaired) electrons. The summed E-state index contributed by atoms with van der Waals surface area (Å²) in [6.07, 6.45) is -17.1. The van der Waals surface area contributed by atoms with Gasteiger partial charge in [-0.15, -0.1) is 0 Å². The first-order valence-corrected chi connectivity index (χ1v) is 8.86. The summed E-state index contributed by atoms with van der Waals surface area (Å²) < 4.78 is 131. The Bertz CT molecular complexity index is 869. The molecule has 1 aliphatic carbocycles. The van der Waals surface area contributed by atoms with Gasteiger partial charge in [-0.3, -0.25) is 0 Å². The summed E-state index contributed by atoms with van der Waals surface area (Å²) in [6, 6.07) is 3.87. The highest BCUT2D eigenvalue weighted by atomic mass is 35.7. The van der Waals surface area contributed by atoms with Gasteiger partial charge >= 0.3 is 12.4 Å². The first kappa shape index (κ1) is 20.7. The van der Waals surface area contributed by atoms with Crippen molar-refractivity contribution in [3.05, 3.63) is 52.7 Å². The van der Waals surface area contributed by atoms with Gasteiger partial charge < -0.3 is 0 Å². The molecule has 2 rings (SSSR count). The molecule has 0 aromatic heterocycles. The van der Waals surface area contributed by atoms with Gasteiger partial charge in [0.1, 0.15) is 10.7 Å². The van der Waals surface area contributed by atoms with Crippen LogP contribution < -0.4 is 0 Å². The molecule has 0 spiro atoms. The molecule has 0 N–H and O–H groups in total. The van der Waals surface area contributed by atoms with E-state index in [1.807, 2.05) is 0 Å². The number of benzene rings is 1. The second-order valence-electron chi connectivity index (χ2n) is 5.26. The van der Waals surface area contributed by atoms with Crippen molar-refractivity contribution < 1.29 is 43.5 Å². The Kier molecular flexibility index (Phi) is 4.95. The van der Waals surface area contributed by atoms with Gasteiger partial charge in [0.05, 0.1) is 0 Å². The standard InChI is InChI=1S/C14H7ClF8O2S/c15-26(24,25)10-8(7-3-1-2-4-9(7)16)5-6-12(11(10)17,13(18,19)20)14(21,22)23/h1-6,11H.